The van der Waals surface area contributed by atoms with E-state index < -0.39 is 0 Å². The van der Waals surface area contributed by atoms with E-state index >= 15 is 0 Å². The molecule has 1 heterocycles. The van der Waals surface area contributed by atoms with Crippen LogP contribution in [0.2, 0.25) is 0 Å². The zero-order chi connectivity index (χ0) is 9.97. The molecule has 0 nitrogen and oxygen atoms in total. The monoisotopic (exact) mass is 202 g/mol. The molecule has 2 rings (SSSR count). The van der Waals surface area contributed by atoms with Crippen LogP contribution < -0.4 is 0 Å². The molecule has 1 unspecified atom stereocenters. The first-order valence-electron chi connectivity index (χ1n) is 4.87. The first kappa shape index (κ1) is 9.47. The van der Waals surface area contributed by atoms with Crippen molar-refractivity contribution in [1.82, 2.24) is 0 Å². The third-order valence-corrected chi connectivity index (χ3v) is 3.43. The lowest BCUT2D eigenvalue weighted by Gasteiger charge is -2.09. The summed E-state index contributed by atoms with van der Waals surface area (Å²) < 4.78 is 0. The van der Waals surface area contributed by atoms with Gasteiger partial charge < -0.3 is 0 Å². The summed E-state index contributed by atoms with van der Waals surface area (Å²) in [5.41, 5.74) is 2.82. The van der Waals surface area contributed by atoms with Crippen LogP contribution >= 0.6 is 11.3 Å². The van der Waals surface area contributed by atoms with Gasteiger partial charge in [0, 0.05) is 10.8 Å². The van der Waals surface area contributed by atoms with Gasteiger partial charge in [-0.15, -0.1) is 11.3 Å². The van der Waals surface area contributed by atoms with Gasteiger partial charge >= 0.3 is 0 Å². The molecule has 0 radical (unpaired) electrons. The Morgan fingerprint density at radius 1 is 1.07 bits per heavy atom. The van der Waals surface area contributed by atoms with Gasteiger partial charge in [-0.05, 0) is 29.5 Å². The minimum Gasteiger partial charge on any atom is -0.149 e. The molecule has 1 aromatic carbocycles. The zero-order valence-electron chi connectivity index (χ0n) is 8.53. The van der Waals surface area contributed by atoms with Crippen LogP contribution in [-0.2, 0) is 0 Å². The molecule has 72 valence electrons. The zero-order valence-corrected chi connectivity index (χ0v) is 9.34. The van der Waals surface area contributed by atoms with E-state index in [0.29, 0.717) is 5.92 Å². The Bertz CT molecular complexity index is 400. The molecule has 0 aliphatic heterocycles. The fraction of sp³-hybridized carbons (Fsp3) is 0.231. The van der Waals surface area contributed by atoms with Gasteiger partial charge in [0.1, 0.15) is 0 Å². The molecule has 0 N–H and O–H groups in total. The van der Waals surface area contributed by atoms with Gasteiger partial charge in [-0.25, -0.2) is 0 Å². The maximum atomic E-state index is 2.28. The molecule has 0 spiro atoms. The van der Waals surface area contributed by atoms with E-state index in [-0.39, 0.29) is 0 Å². The number of aryl methyl sites for hydroxylation is 1. The van der Waals surface area contributed by atoms with E-state index in [1.807, 2.05) is 11.3 Å². The molecule has 0 aliphatic carbocycles. The summed E-state index contributed by atoms with van der Waals surface area (Å²) in [5, 5.41) is 2.26. The predicted octanol–water partition coefficient (Wildman–Crippen LogP) is 4.21. The number of rotatable bonds is 2. The van der Waals surface area contributed by atoms with Crippen molar-refractivity contribution in [1.29, 1.82) is 0 Å². The van der Waals surface area contributed by atoms with Crippen molar-refractivity contribution >= 4 is 11.3 Å². The molecule has 0 amide bonds. The van der Waals surface area contributed by atoms with E-state index in [4.69, 9.17) is 0 Å². The van der Waals surface area contributed by atoms with Crippen molar-refractivity contribution in [2.24, 2.45) is 0 Å². The van der Waals surface area contributed by atoms with Crippen LogP contribution in [0.1, 0.15) is 28.8 Å². The lowest BCUT2D eigenvalue weighted by atomic mass is 9.95. The van der Waals surface area contributed by atoms with Crippen molar-refractivity contribution in [2.75, 3.05) is 0 Å². The van der Waals surface area contributed by atoms with Gasteiger partial charge in [-0.3, -0.25) is 0 Å². The highest BCUT2D eigenvalue weighted by Gasteiger charge is 2.08. The van der Waals surface area contributed by atoms with Crippen molar-refractivity contribution in [3.63, 3.8) is 0 Å². The average Bonchev–Trinajstić information content (AvgIpc) is 2.65. The summed E-state index contributed by atoms with van der Waals surface area (Å²) in [6, 6.07) is 12.9. The Balaban J connectivity index is 2.29. The predicted molar refractivity (Wildman–Crippen MR) is 63.0 cm³/mol. The van der Waals surface area contributed by atoms with Gasteiger partial charge in [0.25, 0.3) is 0 Å². The molecule has 0 bridgehead atoms. The van der Waals surface area contributed by atoms with Crippen LogP contribution in [0.3, 0.4) is 0 Å². The van der Waals surface area contributed by atoms with Crippen LogP contribution in [0.5, 0.6) is 0 Å². The van der Waals surface area contributed by atoms with Crippen LogP contribution in [-0.4, -0.2) is 0 Å². The molecule has 1 aromatic heterocycles. The van der Waals surface area contributed by atoms with Crippen molar-refractivity contribution in [3.05, 3.63) is 57.8 Å². The maximum Gasteiger partial charge on any atom is 0.00693 e. The van der Waals surface area contributed by atoms with Crippen LogP contribution in [0.25, 0.3) is 0 Å². The minimum absolute atomic E-state index is 0.515. The highest BCUT2D eigenvalue weighted by molar-refractivity contribution is 7.10. The summed E-state index contributed by atoms with van der Waals surface area (Å²) >= 11 is 1.83. The first-order valence-corrected chi connectivity index (χ1v) is 5.75. The van der Waals surface area contributed by atoms with Gasteiger partial charge in [0.2, 0.25) is 0 Å². The molecule has 0 fully saturated rings. The van der Waals surface area contributed by atoms with Crippen molar-refractivity contribution in [3.8, 4) is 0 Å². The lowest BCUT2D eigenvalue weighted by Crippen LogP contribution is -1.92. The third-order valence-electron chi connectivity index (χ3n) is 2.55. The molecule has 14 heavy (non-hydrogen) atoms. The summed E-state index contributed by atoms with van der Waals surface area (Å²) in [4.78, 5) is 1.39. The van der Waals surface area contributed by atoms with Gasteiger partial charge in [-0.1, -0.05) is 37.3 Å². The fourth-order valence-electron chi connectivity index (χ4n) is 1.62. The van der Waals surface area contributed by atoms with E-state index in [1.54, 1.807) is 0 Å². The molecule has 0 saturated heterocycles. The van der Waals surface area contributed by atoms with Crippen LogP contribution in [0.4, 0.5) is 0 Å². The Morgan fingerprint density at radius 2 is 1.79 bits per heavy atom. The average molecular weight is 202 g/mol. The Kier molecular flexibility index (Phi) is 2.69. The topological polar surface area (TPSA) is 0 Å². The molecule has 0 saturated carbocycles. The third kappa shape index (κ3) is 1.88. The quantitative estimate of drug-likeness (QED) is 0.684. The first-order chi connectivity index (χ1) is 6.77. The second kappa shape index (κ2) is 3.97. The molecule has 0 aliphatic rings. The Labute approximate surface area is 89.2 Å². The standard InChI is InChI=1S/C13H14S/c1-10-8-13(9-14-10)11(2)12-6-4-3-5-7-12/h3-9,11H,1-2H3. The molecular weight excluding hydrogens is 188 g/mol. The lowest BCUT2D eigenvalue weighted by molar-refractivity contribution is 0.928. The molecule has 2 aromatic rings. The van der Waals surface area contributed by atoms with Crippen molar-refractivity contribution < 1.29 is 0 Å². The number of benzene rings is 1. The van der Waals surface area contributed by atoms with E-state index in [2.05, 4.69) is 55.6 Å². The normalized spacial score (nSPS) is 12.7. The summed E-state index contributed by atoms with van der Waals surface area (Å²) in [6.07, 6.45) is 0. The molecular formula is C13H14S. The summed E-state index contributed by atoms with van der Waals surface area (Å²) in [7, 11) is 0. The van der Waals surface area contributed by atoms with E-state index in [1.165, 1.54) is 16.0 Å². The van der Waals surface area contributed by atoms with Gasteiger partial charge in [0.05, 0.1) is 0 Å². The van der Waals surface area contributed by atoms with E-state index in [9.17, 15) is 0 Å². The van der Waals surface area contributed by atoms with Gasteiger partial charge in [-0.2, -0.15) is 0 Å². The van der Waals surface area contributed by atoms with Crippen LogP contribution in [0, 0.1) is 6.92 Å². The maximum absolute atomic E-state index is 2.28. The number of thiophene rings is 1. The van der Waals surface area contributed by atoms with Crippen LogP contribution in [0.15, 0.2) is 41.8 Å². The second-order valence-corrected chi connectivity index (χ2v) is 4.74. The van der Waals surface area contributed by atoms with E-state index in [0.717, 1.165) is 0 Å². The summed E-state index contributed by atoms with van der Waals surface area (Å²) in [6.45, 7) is 4.42. The SMILES string of the molecule is Cc1cc(C(C)c2ccccc2)cs1. The number of hydrogen-bond acceptors (Lipinski definition) is 1. The fourth-order valence-corrected chi connectivity index (χ4v) is 2.42. The van der Waals surface area contributed by atoms with Gasteiger partial charge in [0.15, 0.2) is 0 Å². The summed E-state index contributed by atoms with van der Waals surface area (Å²) in [5.74, 6) is 0.515. The smallest absolute Gasteiger partial charge is 0.00693 e. The molecule has 1 atom stereocenters. The highest BCUT2D eigenvalue weighted by atomic mass is 32.1. The number of hydrogen-bond donors (Lipinski definition) is 0. The largest absolute Gasteiger partial charge is 0.149 e. The highest BCUT2D eigenvalue weighted by Crippen LogP contribution is 2.27. The molecule has 1 heteroatoms. The second-order valence-electron chi connectivity index (χ2n) is 3.62. The Hall–Kier alpha value is -1.08. The Morgan fingerprint density at radius 3 is 2.36 bits per heavy atom. The minimum atomic E-state index is 0.515. The van der Waals surface area contributed by atoms with Crippen molar-refractivity contribution in [2.45, 2.75) is 19.8 Å².